The van der Waals surface area contributed by atoms with Crippen LogP contribution in [0.4, 0.5) is 5.69 Å². The van der Waals surface area contributed by atoms with Crippen molar-refractivity contribution in [3.8, 4) is 17.1 Å². The highest BCUT2D eigenvalue weighted by atomic mass is 35.5. The molecule has 1 heterocycles. The summed E-state index contributed by atoms with van der Waals surface area (Å²) in [5, 5.41) is 12.9. The van der Waals surface area contributed by atoms with Crippen molar-refractivity contribution >= 4 is 28.9 Å². The molecule has 3 rings (SSSR count). The number of anilines is 1. The van der Waals surface area contributed by atoms with Gasteiger partial charge in [-0.25, -0.2) is 0 Å². The number of rotatable bonds is 2. The minimum atomic E-state index is 0.431. The highest BCUT2D eigenvalue weighted by Crippen LogP contribution is 2.32. The Labute approximate surface area is 131 Å². The molecule has 0 aliphatic carbocycles. The van der Waals surface area contributed by atoms with Gasteiger partial charge in [0, 0.05) is 10.6 Å². The van der Waals surface area contributed by atoms with Crippen LogP contribution in [0.15, 0.2) is 36.4 Å². The van der Waals surface area contributed by atoms with E-state index in [4.69, 9.17) is 28.9 Å². The van der Waals surface area contributed by atoms with Gasteiger partial charge in [-0.2, -0.15) is 4.68 Å². The summed E-state index contributed by atoms with van der Waals surface area (Å²) in [4.78, 5) is 0. The van der Waals surface area contributed by atoms with Crippen LogP contribution in [0.2, 0.25) is 10.0 Å². The lowest BCUT2D eigenvalue weighted by Gasteiger charge is -2.10. The number of nitrogens with two attached hydrogens (primary N) is 1. The van der Waals surface area contributed by atoms with Gasteiger partial charge in [-0.05, 0) is 53.2 Å². The van der Waals surface area contributed by atoms with E-state index in [1.807, 2.05) is 31.2 Å². The average Bonchev–Trinajstić information content (AvgIpc) is 2.91. The molecule has 5 nitrogen and oxygen atoms in total. The summed E-state index contributed by atoms with van der Waals surface area (Å²) in [7, 11) is 0. The van der Waals surface area contributed by atoms with Crippen LogP contribution in [0.25, 0.3) is 17.1 Å². The van der Waals surface area contributed by atoms with E-state index < -0.39 is 0 Å². The van der Waals surface area contributed by atoms with Gasteiger partial charge in [0.25, 0.3) is 0 Å². The number of halogens is 2. The number of hydrogen-bond acceptors (Lipinski definition) is 4. The Kier molecular flexibility index (Phi) is 3.53. The third kappa shape index (κ3) is 2.46. The molecule has 0 bridgehead atoms. The minimum absolute atomic E-state index is 0.431. The molecule has 0 atom stereocenters. The van der Waals surface area contributed by atoms with Crippen LogP contribution in [-0.2, 0) is 0 Å². The molecule has 3 aromatic rings. The third-order valence-electron chi connectivity index (χ3n) is 3.13. The van der Waals surface area contributed by atoms with Crippen LogP contribution in [0, 0.1) is 6.92 Å². The first kappa shape index (κ1) is 13.9. The van der Waals surface area contributed by atoms with E-state index in [1.54, 1.807) is 16.8 Å². The zero-order valence-electron chi connectivity index (χ0n) is 11.1. The van der Waals surface area contributed by atoms with Crippen LogP contribution in [0.5, 0.6) is 0 Å². The SMILES string of the molecule is Cc1cc(Cl)ccc1-n1nnnc1-c1cccc(N)c1Cl. The Balaban J connectivity index is 2.20. The summed E-state index contributed by atoms with van der Waals surface area (Å²) in [5.74, 6) is 0.526. The summed E-state index contributed by atoms with van der Waals surface area (Å²) < 4.78 is 1.62. The Morgan fingerprint density at radius 3 is 2.71 bits per heavy atom. The normalized spacial score (nSPS) is 10.8. The van der Waals surface area contributed by atoms with E-state index in [2.05, 4.69) is 15.5 Å². The first-order valence-corrected chi connectivity index (χ1v) is 6.93. The lowest BCUT2D eigenvalue weighted by Crippen LogP contribution is -2.03. The molecule has 0 saturated heterocycles. The molecule has 0 fully saturated rings. The van der Waals surface area contributed by atoms with Gasteiger partial charge >= 0.3 is 0 Å². The molecular formula is C14H11Cl2N5. The van der Waals surface area contributed by atoms with E-state index >= 15 is 0 Å². The molecule has 0 unspecified atom stereocenters. The number of tetrazole rings is 1. The van der Waals surface area contributed by atoms with Crippen molar-refractivity contribution in [2.75, 3.05) is 5.73 Å². The molecule has 21 heavy (non-hydrogen) atoms. The fourth-order valence-electron chi connectivity index (χ4n) is 2.10. The highest BCUT2D eigenvalue weighted by Gasteiger charge is 2.16. The number of benzene rings is 2. The summed E-state index contributed by atoms with van der Waals surface area (Å²) in [6, 6.07) is 10.9. The summed E-state index contributed by atoms with van der Waals surface area (Å²) in [6.07, 6.45) is 0. The number of nitrogens with zero attached hydrogens (tertiary/aromatic N) is 4. The van der Waals surface area contributed by atoms with Crippen molar-refractivity contribution in [2.24, 2.45) is 0 Å². The molecule has 0 spiro atoms. The summed E-state index contributed by atoms with van der Waals surface area (Å²) in [6.45, 7) is 1.94. The minimum Gasteiger partial charge on any atom is -0.398 e. The standard InChI is InChI=1S/C14H11Cl2N5/c1-8-7-9(15)5-6-12(8)21-14(18-19-20-21)10-3-2-4-11(17)13(10)16/h2-7H,17H2,1H3. The van der Waals surface area contributed by atoms with Crippen molar-refractivity contribution < 1.29 is 0 Å². The monoisotopic (exact) mass is 319 g/mol. The van der Waals surface area contributed by atoms with Gasteiger partial charge in [-0.15, -0.1) is 5.10 Å². The average molecular weight is 320 g/mol. The fraction of sp³-hybridized carbons (Fsp3) is 0.0714. The number of aromatic nitrogens is 4. The van der Waals surface area contributed by atoms with Gasteiger partial charge in [0.1, 0.15) is 0 Å². The van der Waals surface area contributed by atoms with Gasteiger partial charge in [-0.3, -0.25) is 0 Å². The Morgan fingerprint density at radius 2 is 1.95 bits per heavy atom. The van der Waals surface area contributed by atoms with E-state index in [0.29, 0.717) is 27.1 Å². The predicted molar refractivity (Wildman–Crippen MR) is 83.8 cm³/mol. The lowest BCUT2D eigenvalue weighted by molar-refractivity contribution is 0.787. The lowest BCUT2D eigenvalue weighted by atomic mass is 10.1. The number of aryl methyl sites for hydroxylation is 1. The van der Waals surface area contributed by atoms with Crippen LogP contribution in [0.3, 0.4) is 0 Å². The van der Waals surface area contributed by atoms with Crippen molar-refractivity contribution in [3.05, 3.63) is 52.0 Å². The zero-order chi connectivity index (χ0) is 15.0. The molecular weight excluding hydrogens is 309 g/mol. The van der Waals surface area contributed by atoms with Gasteiger partial charge in [-0.1, -0.05) is 29.3 Å². The highest BCUT2D eigenvalue weighted by molar-refractivity contribution is 6.35. The Hall–Kier alpha value is -2.11. The zero-order valence-corrected chi connectivity index (χ0v) is 12.6. The summed E-state index contributed by atoms with van der Waals surface area (Å²) >= 11 is 12.2. The van der Waals surface area contributed by atoms with Crippen LogP contribution in [-0.4, -0.2) is 20.2 Å². The molecule has 1 aromatic heterocycles. The van der Waals surface area contributed by atoms with Crippen molar-refractivity contribution in [3.63, 3.8) is 0 Å². The van der Waals surface area contributed by atoms with E-state index in [0.717, 1.165) is 11.3 Å². The fourth-order valence-corrected chi connectivity index (χ4v) is 2.53. The second-order valence-electron chi connectivity index (χ2n) is 4.55. The summed E-state index contributed by atoms with van der Waals surface area (Å²) in [5.41, 5.74) is 8.78. The largest absolute Gasteiger partial charge is 0.398 e. The van der Waals surface area contributed by atoms with E-state index in [1.165, 1.54) is 0 Å². The maximum absolute atomic E-state index is 6.25. The Bertz CT molecular complexity index is 813. The van der Waals surface area contributed by atoms with E-state index in [9.17, 15) is 0 Å². The molecule has 0 amide bonds. The quantitative estimate of drug-likeness (QED) is 0.733. The number of hydrogen-bond donors (Lipinski definition) is 1. The molecule has 0 saturated carbocycles. The smallest absolute Gasteiger partial charge is 0.188 e. The molecule has 0 radical (unpaired) electrons. The van der Waals surface area contributed by atoms with Gasteiger partial charge < -0.3 is 5.73 Å². The Morgan fingerprint density at radius 1 is 1.14 bits per heavy atom. The first-order valence-electron chi connectivity index (χ1n) is 6.17. The topological polar surface area (TPSA) is 69.6 Å². The van der Waals surface area contributed by atoms with Crippen molar-refractivity contribution in [1.29, 1.82) is 0 Å². The second-order valence-corrected chi connectivity index (χ2v) is 5.37. The van der Waals surface area contributed by atoms with Crippen LogP contribution >= 0.6 is 23.2 Å². The van der Waals surface area contributed by atoms with Crippen molar-refractivity contribution in [2.45, 2.75) is 6.92 Å². The molecule has 106 valence electrons. The maximum Gasteiger partial charge on any atom is 0.188 e. The maximum atomic E-state index is 6.25. The molecule has 7 heteroatoms. The third-order valence-corrected chi connectivity index (χ3v) is 3.78. The van der Waals surface area contributed by atoms with Crippen molar-refractivity contribution in [1.82, 2.24) is 20.2 Å². The van der Waals surface area contributed by atoms with Crippen LogP contribution in [0.1, 0.15) is 5.56 Å². The van der Waals surface area contributed by atoms with Gasteiger partial charge in [0.05, 0.1) is 16.4 Å². The molecule has 0 aliphatic rings. The number of nitrogen functional groups attached to an aromatic ring is 1. The molecule has 0 aliphatic heterocycles. The van der Waals surface area contributed by atoms with Gasteiger partial charge in [0.2, 0.25) is 0 Å². The first-order chi connectivity index (χ1) is 10.1. The van der Waals surface area contributed by atoms with Gasteiger partial charge in [0.15, 0.2) is 5.82 Å². The van der Waals surface area contributed by atoms with E-state index in [-0.39, 0.29) is 0 Å². The molecule has 2 N–H and O–H groups in total. The molecule has 2 aromatic carbocycles. The van der Waals surface area contributed by atoms with Crippen LogP contribution < -0.4 is 5.73 Å². The second kappa shape index (κ2) is 5.35. The predicted octanol–water partition coefficient (Wildman–Crippen LogP) is 3.53.